The Morgan fingerprint density at radius 2 is 2.36 bits per heavy atom. The van der Waals surface area contributed by atoms with Crippen LogP contribution >= 0.6 is 11.3 Å². The zero-order valence-electron chi connectivity index (χ0n) is 7.86. The van der Waals surface area contributed by atoms with E-state index in [2.05, 4.69) is 9.97 Å². The number of hydrogen-bond acceptors (Lipinski definition) is 5. The van der Waals surface area contributed by atoms with Crippen molar-refractivity contribution in [3.05, 3.63) is 23.2 Å². The number of nitrogens with zero attached hydrogens (tertiary/aromatic N) is 2. The Morgan fingerprint density at radius 1 is 1.50 bits per heavy atom. The van der Waals surface area contributed by atoms with Crippen molar-refractivity contribution in [1.29, 1.82) is 0 Å². The van der Waals surface area contributed by atoms with Gasteiger partial charge in [-0.3, -0.25) is 0 Å². The molecule has 2 aromatic rings. The lowest BCUT2D eigenvalue weighted by Crippen LogP contribution is -2.02. The molecule has 2 aromatic heterocycles. The van der Waals surface area contributed by atoms with Gasteiger partial charge in [0, 0.05) is 18.7 Å². The van der Waals surface area contributed by atoms with Crippen LogP contribution in [0.3, 0.4) is 0 Å². The summed E-state index contributed by atoms with van der Waals surface area (Å²) in [7, 11) is 0. The molecule has 0 saturated heterocycles. The summed E-state index contributed by atoms with van der Waals surface area (Å²) < 4.78 is 5.12. The van der Waals surface area contributed by atoms with Crippen molar-refractivity contribution in [2.75, 3.05) is 6.54 Å². The molecule has 0 unspecified atom stereocenters. The average Bonchev–Trinajstić information content (AvgIpc) is 2.74. The lowest BCUT2D eigenvalue weighted by Gasteiger charge is -1.88. The van der Waals surface area contributed by atoms with E-state index in [0.717, 1.165) is 22.8 Å². The number of aryl methyl sites for hydroxylation is 1. The monoisotopic (exact) mass is 209 g/mol. The summed E-state index contributed by atoms with van der Waals surface area (Å²) in [6.45, 7) is 2.44. The van der Waals surface area contributed by atoms with Gasteiger partial charge in [-0.25, -0.2) is 9.97 Å². The van der Waals surface area contributed by atoms with Crippen molar-refractivity contribution in [3.8, 4) is 10.7 Å². The molecule has 0 aliphatic heterocycles. The van der Waals surface area contributed by atoms with E-state index in [1.807, 2.05) is 12.3 Å². The van der Waals surface area contributed by atoms with Crippen LogP contribution < -0.4 is 5.73 Å². The molecule has 5 heteroatoms. The second-order valence-electron chi connectivity index (χ2n) is 2.93. The smallest absolute Gasteiger partial charge is 0.191 e. The minimum atomic E-state index is 0.626. The van der Waals surface area contributed by atoms with Crippen LogP contribution in [0.25, 0.3) is 10.7 Å². The maximum atomic E-state index is 5.44. The van der Waals surface area contributed by atoms with Crippen LogP contribution in [0, 0.1) is 6.92 Å². The number of nitrogens with two attached hydrogens (primary N) is 1. The molecule has 0 bridgehead atoms. The van der Waals surface area contributed by atoms with Crippen molar-refractivity contribution in [1.82, 2.24) is 9.97 Å². The fourth-order valence-electron chi connectivity index (χ4n) is 1.15. The van der Waals surface area contributed by atoms with E-state index in [4.69, 9.17) is 10.2 Å². The Kier molecular flexibility index (Phi) is 2.60. The number of rotatable bonds is 3. The SMILES string of the molecule is Cc1nc(-c2nc(CCN)cs2)co1. The van der Waals surface area contributed by atoms with Crippen molar-refractivity contribution >= 4 is 11.3 Å². The van der Waals surface area contributed by atoms with E-state index in [1.54, 1.807) is 17.6 Å². The summed E-state index contributed by atoms with van der Waals surface area (Å²) in [6.07, 6.45) is 2.44. The quantitative estimate of drug-likeness (QED) is 0.834. The molecule has 0 aromatic carbocycles. The van der Waals surface area contributed by atoms with E-state index in [1.165, 1.54) is 0 Å². The van der Waals surface area contributed by atoms with Crippen LogP contribution in [-0.2, 0) is 6.42 Å². The first-order valence-electron chi connectivity index (χ1n) is 4.36. The maximum absolute atomic E-state index is 5.44. The fourth-order valence-corrected chi connectivity index (χ4v) is 1.95. The molecule has 74 valence electrons. The number of aromatic nitrogens is 2. The van der Waals surface area contributed by atoms with Gasteiger partial charge in [0.25, 0.3) is 0 Å². The van der Waals surface area contributed by atoms with Crippen LogP contribution in [0.1, 0.15) is 11.6 Å². The highest BCUT2D eigenvalue weighted by atomic mass is 32.1. The van der Waals surface area contributed by atoms with Gasteiger partial charge < -0.3 is 10.2 Å². The molecule has 2 heterocycles. The fraction of sp³-hybridized carbons (Fsp3) is 0.333. The Balaban J connectivity index is 2.24. The highest BCUT2D eigenvalue weighted by Crippen LogP contribution is 2.22. The molecule has 0 radical (unpaired) electrons. The zero-order valence-corrected chi connectivity index (χ0v) is 8.67. The van der Waals surface area contributed by atoms with Gasteiger partial charge in [-0.1, -0.05) is 0 Å². The largest absolute Gasteiger partial charge is 0.449 e. The Hall–Kier alpha value is -1.20. The number of thiazole rings is 1. The van der Waals surface area contributed by atoms with E-state index >= 15 is 0 Å². The topological polar surface area (TPSA) is 64.9 Å². The second-order valence-corrected chi connectivity index (χ2v) is 3.79. The van der Waals surface area contributed by atoms with E-state index in [9.17, 15) is 0 Å². The molecule has 0 spiro atoms. The van der Waals surface area contributed by atoms with E-state index < -0.39 is 0 Å². The molecule has 0 saturated carbocycles. The minimum absolute atomic E-state index is 0.626. The van der Waals surface area contributed by atoms with Gasteiger partial charge in [-0.15, -0.1) is 11.3 Å². The predicted octanol–water partition coefficient (Wildman–Crippen LogP) is 1.61. The average molecular weight is 209 g/mol. The van der Waals surface area contributed by atoms with Gasteiger partial charge >= 0.3 is 0 Å². The van der Waals surface area contributed by atoms with Gasteiger partial charge in [-0.2, -0.15) is 0 Å². The van der Waals surface area contributed by atoms with Crippen LogP contribution in [0.15, 0.2) is 16.1 Å². The van der Waals surface area contributed by atoms with Gasteiger partial charge in [0.1, 0.15) is 17.0 Å². The molecule has 0 amide bonds. The maximum Gasteiger partial charge on any atom is 0.191 e. The van der Waals surface area contributed by atoms with Gasteiger partial charge in [0.15, 0.2) is 5.89 Å². The van der Waals surface area contributed by atoms with Crippen molar-refractivity contribution in [2.45, 2.75) is 13.3 Å². The highest BCUT2D eigenvalue weighted by molar-refractivity contribution is 7.13. The third-order valence-electron chi connectivity index (χ3n) is 1.79. The van der Waals surface area contributed by atoms with Crippen molar-refractivity contribution in [2.24, 2.45) is 5.73 Å². The third kappa shape index (κ3) is 1.83. The first-order valence-corrected chi connectivity index (χ1v) is 5.24. The molecular weight excluding hydrogens is 198 g/mol. The van der Waals surface area contributed by atoms with Crippen LogP contribution in [0.2, 0.25) is 0 Å². The first-order chi connectivity index (χ1) is 6.79. The Morgan fingerprint density at radius 3 is 3.00 bits per heavy atom. The molecule has 2 N–H and O–H groups in total. The van der Waals surface area contributed by atoms with Crippen LogP contribution in [0.5, 0.6) is 0 Å². The molecule has 0 aliphatic rings. The molecule has 0 aliphatic carbocycles. The lowest BCUT2D eigenvalue weighted by molar-refractivity contribution is 0.521. The molecule has 14 heavy (non-hydrogen) atoms. The third-order valence-corrected chi connectivity index (χ3v) is 2.70. The van der Waals surface area contributed by atoms with Gasteiger partial charge in [-0.05, 0) is 6.54 Å². The van der Waals surface area contributed by atoms with Gasteiger partial charge in [0.05, 0.1) is 5.69 Å². The molecule has 4 nitrogen and oxygen atoms in total. The van der Waals surface area contributed by atoms with Crippen LogP contribution in [0.4, 0.5) is 0 Å². The summed E-state index contributed by atoms with van der Waals surface area (Å²) in [4.78, 5) is 8.60. The second kappa shape index (κ2) is 3.89. The number of hydrogen-bond donors (Lipinski definition) is 1. The minimum Gasteiger partial charge on any atom is -0.449 e. The lowest BCUT2D eigenvalue weighted by atomic mass is 10.3. The number of oxazole rings is 1. The summed E-state index contributed by atoms with van der Waals surface area (Å²) in [5, 5.41) is 2.90. The molecule has 2 rings (SSSR count). The van der Waals surface area contributed by atoms with E-state index in [0.29, 0.717) is 12.4 Å². The van der Waals surface area contributed by atoms with Gasteiger partial charge in [0.2, 0.25) is 0 Å². The highest BCUT2D eigenvalue weighted by Gasteiger charge is 2.07. The molecular formula is C9H11N3OS. The summed E-state index contributed by atoms with van der Waals surface area (Å²) in [5.74, 6) is 0.663. The summed E-state index contributed by atoms with van der Waals surface area (Å²) in [6, 6.07) is 0. The predicted molar refractivity (Wildman–Crippen MR) is 55.1 cm³/mol. The van der Waals surface area contributed by atoms with E-state index in [-0.39, 0.29) is 0 Å². The Labute approximate surface area is 85.8 Å². The normalized spacial score (nSPS) is 10.7. The van der Waals surface area contributed by atoms with Crippen molar-refractivity contribution < 1.29 is 4.42 Å². The Bertz CT molecular complexity index is 421. The summed E-state index contributed by atoms with van der Waals surface area (Å²) >= 11 is 1.57. The molecule has 0 atom stereocenters. The molecule has 0 fully saturated rings. The standard InChI is InChI=1S/C9H11N3OS/c1-6-11-8(4-13-6)9-12-7(2-3-10)5-14-9/h4-5H,2-3,10H2,1H3. The summed E-state index contributed by atoms with van der Waals surface area (Å²) in [5.41, 5.74) is 7.27. The van der Waals surface area contributed by atoms with Crippen LogP contribution in [-0.4, -0.2) is 16.5 Å². The first kappa shape index (κ1) is 9.36. The van der Waals surface area contributed by atoms with Crippen molar-refractivity contribution in [3.63, 3.8) is 0 Å². The zero-order chi connectivity index (χ0) is 9.97.